The highest BCUT2D eigenvalue weighted by molar-refractivity contribution is 6.42. The lowest BCUT2D eigenvalue weighted by atomic mass is 10.1. The molecule has 0 saturated carbocycles. The number of amides is 3. The molecule has 3 aromatic rings. The van der Waals surface area contributed by atoms with E-state index in [4.69, 9.17) is 55.6 Å². The quantitative estimate of drug-likeness (QED) is 0.202. The van der Waals surface area contributed by atoms with Crippen LogP contribution in [0.25, 0.3) is 6.08 Å². The number of ether oxygens (including phenoxy) is 2. The fourth-order valence-corrected chi connectivity index (χ4v) is 4.23. The molecule has 2 aromatic carbocycles. The molecule has 1 aromatic heterocycles. The number of nitrogens with zero attached hydrogens (tertiary/aromatic N) is 1. The number of methoxy groups -OCH3 is 1. The van der Waals surface area contributed by atoms with Gasteiger partial charge in [0, 0.05) is 0 Å². The first-order valence-electron chi connectivity index (χ1n) is 10.2. The largest absolute Gasteiger partial charge is 0.486 e. The summed E-state index contributed by atoms with van der Waals surface area (Å²) >= 11 is 24.7. The van der Waals surface area contributed by atoms with Gasteiger partial charge in [-0.15, -0.1) is 0 Å². The Balaban J connectivity index is 1.47. The van der Waals surface area contributed by atoms with Crippen molar-refractivity contribution < 1.29 is 28.3 Å². The predicted octanol–water partition coefficient (Wildman–Crippen LogP) is 6.35. The number of furan rings is 1. The van der Waals surface area contributed by atoms with E-state index < -0.39 is 17.9 Å². The Hall–Kier alpha value is -3.17. The summed E-state index contributed by atoms with van der Waals surface area (Å²) in [6.45, 7) is -0.0350. The third-order valence-corrected chi connectivity index (χ3v) is 6.32. The van der Waals surface area contributed by atoms with Gasteiger partial charge in [0.2, 0.25) is 5.76 Å². The number of esters is 1. The highest BCUT2D eigenvalue weighted by atomic mass is 35.5. The molecule has 0 atom stereocenters. The number of urea groups is 1. The third-order valence-electron chi connectivity index (χ3n) is 5.02. The average molecular weight is 570 g/mol. The van der Waals surface area contributed by atoms with Crippen LogP contribution in [0.1, 0.15) is 27.4 Å². The van der Waals surface area contributed by atoms with Crippen molar-refractivity contribution in [2.75, 3.05) is 7.11 Å². The normalized spacial score (nSPS) is 14.4. The standard InChI is InChI=1S/C24H16Cl4N2O6/c1-34-23(32)20-5-3-14(36-20)10-30-22(31)19(29-24(30)33)9-13-7-17(27)21(18(28)8-13)35-11-12-2-4-15(25)16(26)6-12/h2-9H,10-11H2,1H3,(H,29,33)/b19-9-. The van der Waals surface area contributed by atoms with Crippen LogP contribution in [0.3, 0.4) is 0 Å². The van der Waals surface area contributed by atoms with Crippen molar-refractivity contribution in [3.05, 3.63) is 90.9 Å². The summed E-state index contributed by atoms with van der Waals surface area (Å²) in [7, 11) is 1.21. The molecule has 1 fully saturated rings. The van der Waals surface area contributed by atoms with Crippen LogP contribution in [-0.4, -0.2) is 29.9 Å². The van der Waals surface area contributed by atoms with Gasteiger partial charge >= 0.3 is 12.0 Å². The van der Waals surface area contributed by atoms with Crippen molar-refractivity contribution in [1.82, 2.24) is 10.2 Å². The molecule has 2 heterocycles. The molecule has 1 N–H and O–H groups in total. The lowest BCUT2D eigenvalue weighted by Crippen LogP contribution is -2.30. The molecule has 12 heteroatoms. The first kappa shape index (κ1) is 25.9. The van der Waals surface area contributed by atoms with E-state index in [1.54, 1.807) is 30.3 Å². The number of hydrogen-bond donors (Lipinski definition) is 1. The predicted molar refractivity (Wildman–Crippen MR) is 134 cm³/mol. The van der Waals surface area contributed by atoms with Crippen molar-refractivity contribution in [2.24, 2.45) is 0 Å². The van der Waals surface area contributed by atoms with Crippen LogP contribution in [0.15, 0.2) is 52.6 Å². The lowest BCUT2D eigenvalue weighted by molar-refractivity contribution is -0.123. The number of benzene rings is 2. The Bertz CT molecular complexity index is 1380. The highest BCUT2D eigenvalue weighted by Gasteiger charge is 2.34. The van der Waals surface area contributed by atoms with Crippen LogP contribution >= 0.6 is 46.4 Å². The molecule has 0 spiro atoms. The summed E-state index contributed by atoms with van der Waals surface area (Å²) in [6.07, 6.45) is 1.43. The first-order chi connectivity index (χ1) is 17.2. The minimum Gasteiger partial charge on any atom is -0.486 e. The molecule has 0 radical (unpaired) electrons. The van der Waals surface area contributed by atoms with E-state index in [0.717, 1.165) is 10.5 Å². The Labute approximate surface area is 225 Å². The van der Waals surface area contributed by atoms with Gasteiger partial charge in [-0.05, 0) is 53.6 Å². The zero-order chi connectivity index (χ0) is 26.0. The van der Waals surface area contributed by atoms with Gasteiger partial charge in [0.1, 0.15) is 18.1 Å². The number of carbonyl (C=O) groups is 3. The number of rotatable bonds is 7. The molecule has 3 amide bonds. The van der Waals surface area contributed by atoms with Crippen molar-refractivity contribution in [3.8, 4) is 5.75 Å². The van der Waals surface area contributed by atoms with Gasteiger partial charge in [-0.1, -0.05) is 52.5 Å². The second-order valence-electron chi connectivity index (χ2n) is 7.49. The Kier molecular flexibility index (Phi) is 7.80. The summed E-state index contributed by atoms with van der Waals surface area (Å²) in [6, 6.07) is 10.4. The van der Waals surface area contributed by atoms with Crippen LogP contribution in [0.5, 0.6) is 5.75 Å². The van der Waals surface area contributed by atoms with Gasteiger partial charge in [0.25, 0.3) is 5.91 Å². The van der Waals surface area contributed by atoms with Gasteiger partial charge in [0.05, 0.1) is 33.7 Å². The molecule has 4 rings (SSSR count). The minimum atomic E-state index is -0.669. The van der Waals surface area contributed by atoms with Gasteiger partial charge in [-0.3, -0.25) is 9.69 Å². The zero-order valence-electron chi connectivity index (χ0n) is 18.4. The summed E-state index contributed by atoms with van der Waals surface area (Å²) < 4.78 is 15.7. The van der Waals surface area contributed by atoms with Crippen molar-refractivity contribution in [3.63, 3.8) is 0 Å². The SMILES string of the molecule is COC(=O)c1ccc(CN2C(=O)N/C(=C\c3cc(Cl)c(OCc4ccc(Cl)c(Cl)c4)c(Cl)c3)C2=O)o1. The van der Waals surface area contributed by atoms with Crippen molar-refractivity contribution >= 4 is 70.4 Å². The van der Waals surface area contributed by atoms with Gasteiger partial charge in [-0.25, -0.2) is 9.59 Å². The van der Waals surface area contributed by atoms with E-state index in [2.05, 4.69) is 10.1 Å². The van der Waals surface area contributed by atoms with E-state index in [9.17, 15) is 14.4 Å². The van der Waals surface area contributed by atoms with E-state index >= 15 is 0 Å². The molecule has 186 valence electrons. The monoisotopic (exact) mass is 568 g/mol. The van der Waals surface area contributed by atoms with Crippen LogP contribution in [-0.2, 0) is 22.7 Å². The number of hydrogen-bond acceptors (Lipinski definition) is 6. The molecule has 8 nitrogen and oxygen atoms in total. The number of halogens is 4. The average Bonchev–Trinajstić information content (AvgIpc) is 3.41. The number of carbonyl (C=O) groups excluding carboxylic acids is 3. The Morgan fingerprint density at radius 3 is 2.39 bits per heavy atom. The third kappa shape index (κ3) is 5.63. The summed E-state index contributed by atoms with van der Waals surface area (Å²) in [5.41, 5.74) is 1.23. The van der Waals surface area contributed by atoms with Crippen LogP contribution in [0, 0.1) is 0 Å². The molecule has 1 aliphatic rings. The number of nitrogens with one attached hydrogen (secondary N) is 1. The van der Waals surface area contributed by atoms with Crippen LogP contribution in [0.4, 0.5) is 4.79 Å². The van der Waals surface area contributed by atoms with Crippen LogP contribution < -0.4 is 10.1 Å². The van der Waals surface area contributed by atoms with E-state index in [0.29, 0.717) is 15.6 Å². The Morgan fingerprint density at radius 1 is 1.00 bits per heavy atom. The summed E-state index contributed by atoms with van der Waals surface area (Å²) in [4.78, 5) is 37.6. The maximum absolute atomic E-state index is 12.8. The fraction of sp³-hybridized carbons (Fsp3) is 0.125. The topological polar surface area (TPSA) is 98.1 Å². The van der Waals surface area contributed by atoms with Crippen molar-refractivity contribution in [2.45, 2.75) is 13.2 Å². The highest BCUT2D eigenvalue weighted by Crippen LogP contribution is 2.36. The van der Waals surface area contributed by atoms with E-state index in [1.165, 1.54) is 25.3 Å². The van der Waals surface area contributed by atoms with Gasteiger partial charge < -0.3 is 19.2 Å². The lowest BCUT2D eigenvalue weighted by Gasteiger charge is -2.12. The summed E-state index contributed by atoms with van der Waals surface area (Å²) in [5, 5.41) is 3.72. The Morgan fingerprint density at radius 2 is 1.72 bits per heavy atom. The molecule has 0 bridgehead atoms. The zero-order valence-corrected chi connectivity index (χ0v) is 21.5. The van der Waals surface area contributed by atoms with Crippen molar-refractivity contribution in [1.29, 1.82) is 0 Å². The number of imide groups is 1. The molecule has 0 unspecified atom stereocenters. The van der Waals surface area contributed by atoms with Gasteiger partial charge in [-0.2, -0.15) is 0 Å². The summed E-state index contributed by atoms with van der Waals surface area (Å²) in [5.74, 6) is -0.828. The smallest absolute Gasteiger partial charge is 0.373 e. The first-order valence-corrected chi connectivity index (χ1v) is 11.7. The maximum atomic E-state index is 12.8. The molecular weight excluding hydrogens is 554 g/mol. The maximum Gasteiger partial charge on any atom is 0.373 e. The van der Waals surface area contributed by atoms with E-state index in [1.807, 2.05) is 0 Å². The molecule has 36 heavy (non-hydrogen) atoms. The van der Waals surface area contributed by atoms with Gasteiger partial charge in [0.15, 0.2) is 5.75 Å². The molecular formula is C24H16Cl4N2O6. The van der Waals surface area contributed by atoms with E-state index in [-0.39, 0.29) is 46.2 Å². The second kappa shape index (κ2) is 10.8. The van der Waals surface area contributed by atoms with Crippen LogP contribution in [0.2, 0.25) is 20.1 Å². The molecule has 0 aliphatic carbocycles. The fourth-order valence-electron chi connectivity index (χ4n) is 3.30. The molecule has 1 saturated heterocycles. The molecule has 1 aliphatic heterocycles. The minimum absolute atomic E-state index is 0.0105. The second-order valence-corrected chi connectivity index (χ2v) is 9.12.